The first-order chi connectivity index (χ1) is 10.1. The molecule has 7 heteroatoms. The number of hydrogen-bond acceptors (Lipinski definition) is 5. The Balaban J connectivity index is 1.76. The van der Waals surface area contributed by atoms with Crippen molar-refractivity contribution >= 4 is 17.5 Å². The highest BCUT2D eigenvalue weighted by Gasteiger charge is 2.23. The molecule has 4 N–H and O–H groups in total. The van der Waals surface area contributed by atoms with Gasteiger partial charge in [-0.1, -0.05) is 0 Å². The van der Waals surface area contributed by atoms with Crippen molar-refractivity contribution in [3.63, 3.8) is 0 Å². The summed E-state index contributed by atoms with van der Waals surface area (Å²) in [5.74, 6) is -1.03. The topological polar surface area (TPSA) is 110 Å². The van der Waals surface area contributed by atoms with Crippen LogP contribution in [0.2, 0.25) is 0 Å². The molecule has 0 atom stereocenters. The highest BCUT2D eigenvalue weighted by molar-refractivity contribution is 6.10. The monoisotopic (exact) mass is 286 g/mol. The number of benzene rings is 1. The quantitative estimate of drug-likeness (QED) is 0.554. The number of ether oxygens (including phenoxy) is 1. The average Bonchev–Trinajstić information content (AvgIpc) is 2.92. The summed E-state index contributed by atoms with van der Waals surface area (Å²) in [6.07, 6.45) is 0.682. The Morgan fingerprint density at radius 3 is 2.76 bits per heavy atom. The fourth-order valence-corrected chi connectivity index (χ4v) is 2.17. The Morgan fingerprint density at radius 2 is 2.00 bits per heavy atom. The van der Waals surface area contributed by atoms with Gasteiger partial charge < -0.3 is 10.5 Å². The van der Waals surface area contributed by atoms with Crippen LogP contribution in [0.5, 0.6) is 0 Å². The number of nitrogens with one attached hydrogen (secondary N) is 2. The van der Waals surface area contributed by atoms with Crippen LogP contribution in [0.1, 0.15) is 32.1 Å². The van der Waals surface area contributed by atoms with Crippen LogP contribution >= 0.6 is 0 Å². The van der Waals surface area contributed by atoms with Gasteiger partial charge >= 0.3 is 0 Å². The normalized spacial score (nSPS) is 13.5. The van der Waals surface area contributed by atoms with Crippen LogP contribution in [0.25, 0.3) is 0 Å². The number of amides is 2. The van der Waals surface area contributed by atoms with Crippen molar-refractivity contribution in [2.75, 3.05) is 12.3 Å². The van der Waals surface area contributed by atoms with E-state index in [-0.39, 0.29) is 5.69 Å². The van der Waals surface area contributed by atoms with Gasteiger partial charge in [-0.05, 0) is 24.3 Å². The van der Waals surface area contributed by atoms with Crippen molar-refractivity contribution in [1.82, 2.24) is 15.5 Å². The van der Waals surface area contributed by atoms with Gasteiger partial charge in [0.25, 0.3) is 11.8 Å². The number of rotatable bonds is 2. The summed E-state index contributed by atoms with van der Waals surface area (Å²) < 4.78 is 5.31. The van der Waals surface area contributed by atoms with Crippen molar-refractivity contribution in [3.05, 3.63) is 46.8 Å². The van der Waals surface area contributed by atoms with Gasteiger partial charge in [-0.15, -0.1) is 0 Å². The van der Waals surface area contributed by atoms with E-state index in [0.29, 0.717) is 36.4 Å². The van der Waals surface area contributed by atoms with E-state index in [1.165, 1.54) is 0 Å². The molecule has 0 unspecified atom stereocenters. The minimum atomic E-state index is -0.542. The van der Waals surface area contributed by atoms with Crippen molar-refractivity contribution in [3.8, 4) is 0 Å². The summed E-state index contributed by atoms with van der Waals surface area (Å²) in [7, 11) is 0. The van der Waals surface area contributed by atoms with Crippen LogP contribution in [0.15, 0.2) is 24.3 Å². The lowest BCUT2D eigenvalue weighted by Crippen LogP contribution is -2.31. The summed E-state index contributed by atoms with van der Waals surface area (Å²) in [5, 5.41) is 9.09. The molecule has 7 nitrogen and oxygen atoms in total. The number of aromatic nitrogens is 2. The standard InChI is InChI=1S/C14H14N4O3/c15-9-3-1-8(2-4-9)13(19)16-14(20)12-10-7-21-6-5-11(10)17-18-12/h1-4H,5-7,15H2,(H,17,18)(H,16,19,20). The lowest BCUT2D eigenvalue weighted by atomic mass is 10.1. The molecular formula is C14H14N4O3. The van der Waals surface area contributed by atoms with Crippen LogP contribution in [0.3, 0.4) is 0 Å². The molecule has 1 aliphatic heterocycles. The molecule has 108 valence electrons. The Morgan fingerprint density at radius 1 is 1.24 bits per heavy atom. The SMILES string of the molecule is Nc1ccc(C(=O)NC(=O)c2n[nH]c3c2COCC3)cc1. The van der Waals surface area contributed by atoms with Crippen molar-refractivity contribution < 1.29 is 14.3 Å². The zero-order valence-corrected chi connectivity index (χ0v) is 11.2. The maximum Gasteiger partial charge on any atom is 0.278 e. The summed E-state index contributed by atoms with van der Waals surface area (Å²) in [6, 6.07) is 6.31. The molecule has 1 aromatic carbocycles. The molecule has 0 saturated heterocycles. The van der Waals surface area contributed by atoms with Crippen molar-refractivity contribution in [1.29, 1.82) is 0 Å². The fourth-order valence-electron chi connectivity index (χ4n) is 2.17. The molecular weight excluding hydrogens is 272 g/mol. The molecule has 2 heterocycles. The Hall–Kier alpha value is -2.67. The van der Waals surface area contributed by atoms with Gasteiger partial charge in [0.05, 0.1) is 13.2 Å². The van der Waals surface area contributed by atoms with Gasteiger partial charge in [-0.2, -0.15) is 5.10 Å². The number of hydrogen-bond donors (Lipinski definition) is 3. The molecule has 3 rings (SSSR count). The summed E-state index contributed by atoms with van der Waals surface area (Å²) in [5.41, 5.74) is 8.26. The van der Waals surface area contributed by atoms with Gasteiger partial charge in [0, 0.05) is 28.9 Å². The highest BCUT2D eigenvalue weighted by Crippen LogP contribution is 2.18. The molecule has 0 fully saturated rings. The van der Waals surface area contributed by atoms with E-state index < -0.39 is 11.8 Å². The van der Waals surface area contributed by atoms with Crippen LogP contribution in [-0.4, -0.2) is 28.6 Å². The van der Waals surface area contributed by atoms with E-state index in [9.17, 15) is 9.59 Å². The van der Waals surface area contributed by atoms with Crippen LogP contribution < -0.4 is 11.1 Å². The predicted molar refractivity (Wildman–Crippen MR) is 74.6 cm³/mol. The van der Waals surface area contributed by atoms with Gasteiger partial charge in [0.15, 0.2) is 5.69 Å². The van der Waals surface area contributed by atoms with Crippen molar-refractivity contribution in [2.45, 2.75) is 13.0 Å². The Labute approximate surface area is 120 Å². The second-order valence-electron chi connectivity index (χ2n) is 4.74. The van der Waals surface area contributed by atoms with Crippen LogP contribution in [0, 0.1) is 0 Å². The molecule has 1 aromatic heterocycles. The van der Waals surface area contributed by atoms with Crippen LogP contribution in [-0.2, 0) is 17.8 Å². The predicted octanol–water partition coefficient (Wildman–Crippen LogP) is 0.635. The maximum atomic E-state index is 12.1. The second-order valence-corrected chi connectivity index (χ2v) is 4.74. The molecule has 2 aromatic rings. The molecule has 0 spiro atoms. The number of H-pyrrole nitrogens is 1. The average molecular weight is 286 g/mol. The van der Waals surface area contributed by atoms with Gasteiger partial charge in [0.2, 0.25) is 0 Å². The number of aromatic amines is 1. The number of nitrogens with two attached hydrogens (primary N) is 1. The second kappa shape index (κ2) is 5.37. The molecule has 0 saturated carbocycles. The van der Waals surface area contributed by atoms with Gasteiger partial charge in [0.1, 0.15) is 0 Å². The van der Waals surface area contributed by atoms with E-state index in [2.05, 4.69) is 15.5 Å². The van der Waals surface area contributed by atoms with Gasteiger partial charge in [-0.25, -0.2) is 0 Å². The molecule has 21 heavy (non-hydrogen) atoms. The molecule has 0 radical (unpaired) electrons. The summed E-state index contributed by atoms with van der Waals surface area (Å²) in [6.45, 7) is 0.922. The first kappa shape index (κ1) is 13.3. The lowest BCUT2D eigenvalue weighted by molar-refractivity contribution is 0.0836. The minimum absolute atomic E-state index is 0.202. The third kappa shape index (κ3) is 2.63. The number of nitrogen functional groups attached to an aromatic ring is 1. The van der Waals surface area contributed by atoms with E-state index >= 15 is 0 Å². The number of fused-ring (bicyclic) bond motifs is 1. The number of nitrogens with zero attached hydrogens (tertiary/aromatic N) is 1. The minimum Gasteiger partial charge on any atom is -0.399 e. The zero-order chi connectivity index (χ0) is 14.8. The first-order valence-electron chi connectivity index (χ1n) is 6.50. The van der Waals surface area contributed by atoms with E-state index in [1.54, 1.807) is 24.3 Å². The highest BCUT2D eigenvalue weighted by atomic mass is 16.5. The molecule has 0 bridgehead atoms. The molecule has 0 aliphatic carbocycles. The summed E-state index contributed by atoms with van der Waals surface area (Å²) >= 11 is 0. The number of carbonyl (C=O) groups is 2. The Bertz CT molecular complexity index is 691. The third-order valence-corrected chi connectivity index (χ3v) is 3.31. The number of anilines is 1. The number of imide groups is 1. The van der Waals surface area contributed by atoms with E-state index in [1.807, 2.05) is 0 Å². The maximum absolute atomic E-state index is 12.1. The van der Waals surface area contributed by atoms with Crippen molar-refractivity contribution in [2.24, 2.45) is 0 Å². The smallest absolute Gasteiger partial charge is 0.278 e. The van der Waals surface area contributed by atoms with Crippen LogP contribution in [0.4, 0.5) is 5.69 Å². The zero-order valence-electron chi connectivity index (χ0n) is 11.2. The fraction of sp³-hybridized carbons (Fsp3) is 0.214. The van der Waals surface area contributed by atoms with E-state index in [4.69, 9.17) is 10.5 Å². The van der Waals surface area contributed by atoms with Gasteiger partial charge in [-0.3, -0.25) is 20.0 Å². The lowest BCUT2D eigenvalue weighted by Gasteiger charge is -2.12. The summed E-state index contributed by atoms with van der Waals surface area (Å²) in [4.78, 5) is 24.1. The number of carbonyl (C=O) groups excluding carboxylic acids is 2. The largest absolute Gasteiger partial charge is 0.399 e. The first-order valence-corrected chi connectivity index (χ1v) is 6.50. The molecule has 1 aliphatic rings. The third-order valence-electron chi connectivity index (χ3n) is 3.31. The molecule has 2 amide bonds. The van der Waals surface area contributed by atoms with E-state index in [0.717, 1.165) is 5.69 Å². The Kier molecular flexibility index (Phi) is 3.41.